The molecule has 3 atom stereocenters. The van der Waals surface area contributed by atoms with E-state index in [1.54, 1.807) is 0 Å². The Balaban J connectivity index is 1.92. The molecule has 3 heteroatoms. The van der Waals surface area contributed by atoms with Gasteiger partial charge in [-0.2, -0.15) is 0 Å². The molecule has 2 rings (SSSR count). The van der Waals surface area contributed by atoms with Gasteiger partial charge in [-0.25, -0.2) is 0 Å². The maximum absolute atomic E-state index is 5.75. The van der Waals surface area contributed by atoms with E-state index in [9.17, 15) is 0 Å². The fourth-order valence-corrected chi connectivity index (χ4v) is 2.64. The summed E-state index contributed by atoms with van der Waals surface area (Å²) in [7, 11) is 0. The molecule has 1 aliphatic heterocycles. The number of ether oxygens (including phenoxy) is 1. The van der Waals surface area contributed by atoms with Gasteiger partial charge in [-0.1, -0.05) is 0 Å². The molecular formula is C14H22N2O. The van der Waals surface area contributed by atoms with Gasteiger partial charge in [0.2, 0.25) is 0 Å². The molecule has 1 aliphatic rings. The lowest BCUT2D eigenvalue weighted by atomic mass is 9.98. The molecule has 1 aromatic rings. The average molecular weight is 234 g/mol. The third-order valence-electron chi connectivity index (χ3n) is 3.39. The Kier molecular flexibility index (Phi) is 4.13. The molecule has 17 heavy (non-hydrogen) atoms. The van der Waals surface area contributed by atoms with Crippen molar-refractivity contribution in [3.05, 3.63) is 30.1 Å². The van der Waals surface area contributed by atoms with Gasteiger partial charge in [-0.3, -0.25) is 4.98 Å². The lowest BCUT2D eigenvalue weighted by Crippen LogP contribution is -2.42. The zero-order valence-corrected chi connectivity index (χ0v) is 10.9. The molecule has 0 saturated carbocycles. The van der Waals surface area contributed by atoms with Crippen LogP contribution in [0.1, 0.15) is 45.2 Å². The van der Waals surface area contributed by atoms with Crippen molar-refractivity contribution in [3.8, 4) is 0 Å². The van der Waals surface area contributed by atoms with E-state index in [0.717, 1.165) is 12.8 Å². The van der Waals surface area contributed by atoms with Crippen LogP contribution in [0.2, 0.25) is 0 Å². The topological polar surface area (TPSA) is 34.2 Å². The highest BCUT2D eigenvalue weighted by atomic mass is 16.5. The van der Waals surface area contributed by atoms with Gasteiger partial charge in [-0.05, 0) is 51.3 Å². The number of aromatic nitrogens is 1. The zero-order valence-electron chi connectivity index (χ0n) is 10.9. The number of nitrogens with one attached hydrogen (secondary N) is 1. The third kappa shape index (κ3) is 3.51. The maximum atomic E-state index is 5.75. The highest BCUT2D eigenvalue weighted by molar-refractivity contribution is 5.14. The Morgan fingerprint density at radius 3 is 2.41 bits per heavy atom. The number of rotatable bonds is 3. The molecule has 3 nitrogen and oxygen atoms in total. The van der Waals surface area contributed by atoms with Crippen LogP contribution < -0.4 is 5.32 Å². The van der Waals surface area contributed by atoms with E-state index in [1.165, 1.54) is 5.56 Å². The monoisotopic (exact) mass is 234 g/mol. The predicted molar refractivity (Wildman–Crippen MR) is 68.8 cm³/mol. The molecule has 2 unspecified atom stereocenters. The van der Waals surface area contributed by atoms with E-state index in [1.807, 2.05) is 12.4 Å². The van der Waals surface area contributed by atoms with Crippen molar-refractivity contribution in [1.82, 2.24) is 10.3 Å². The maximum Gasteiger partial charge on any atom is 0.0565 e. The van der Waals surface area contributed by atoms with Crippen molar-refractivity contribution < 1.29 is 4.74 Å². The first-order valence-electron chi connectivity index (χ1n) is 6.46. The van der Waals surface area contributed by atoms with Crippen LogP contribution in [0.15, 0.2) is 24.5 Å². The van der Waals surface area contributed by atoms with Crippen molar-refractivity contribution in [2.75, 3.05) is 0 Å². The molecule has 0 aromatic carbocycles. The second-order valence-corrected chi connectivity index (χ2v) is 5.09. The predicted octanol–water partition coefficient (Wildman–Crippen LogP) is 2.69. The summed E-state index contributed by atoms with van der Waals surface area (Å²) in [6.45, 7) is 6.52. The summed E-state index contributed by atoms with van der Waals surface area (Å²) in [5, 5.41) is 3.69. The van der Waals surface area contributed by atoms with E-state index in [4.69, 9.17) is 4.74 Å². The van der Waals surface area contributed by atoms with Crippen molar-refractivity contribution >= 4 is 0 Å². The lowest BCUT2D eigenvalue weighted by molar-refractivity contribution is -0.0433. The first-order chi connectivity index (χ1) is 8.15. The molecule has 0 spiro atoms. The van der Waals surface area contributed by atoms with E-state index in [2.05, 4.69) is 43.2 Å². The molecule has 0 bridgehead atoms. The smallest absolute Gasteiger partial charge is 0.0565 e. The van der Waals surface area contributed by atoms with Gasteiger partial charge in [0.05, 0.1) is 12.2 Å². The van der Waals surface area contributed by atoms with Crippen LogP contribution >= 0.6 is 0 Å². The summed E-state index contributed by atoms with van der Waals surface area (Å²) < 4.78 is 5.75. The van der Waals surface area contributed by atoms with Gasteiger partial charge >= 0.3 is 0 Å². The SMILES string of the molecule is CC1CC(N[C@H](C)c2ccncc2)CC(C)O1. The average Bonchev–Trinajstić information content (AvgIpc) is 2.28. The van der Waals surface area contributed by atoms with Crippen LogP contribution in [-0.2, 0) is 4.74 Å². The summed E-state index contributed by atoms with van der Waals surface area (Å²) in [6, 6.07) is 5.07. The van der Waals surface area contributed by atoms with E-state index in [0.29, 0.717) is 24.3 Å². The number of nitrogens with zero attached hydrogens (tertiary/aromatic N) is 1. The first kappa shape index (κ1) is 12.5. The van der Waals surface area contributed by atoms with E-state index >= 15 is 0 Å². The number of hydrogen-bond acceptors (Lipinski definition) is 3. The van der Waals surface area contributed by atoms with Crippen LogP contribution in [0.5, 0.6) is 0 Å². The molecule has 0 amide bonds. The second-order valence-electron chi connectivity index (χ2n) is 5.09. The Morgan fingerprint density at radius 1 is 1.24 bits per heavy atom. The second kappa shape index (κ2) is 5.61. The number of hydrogen-bond donors (Lipinski definition) is 1. The normalized spacial score (nSPS) is 31.1. The fourth-order valence-electron chi connectivity index (χ4n) is 2.64. The van der Waals surface area contributed by atoms with Crippen molar-refractivity contribution in [3.63, 3.8) is 0 Å². The largest absolute Gasteiger partial charge is 0.375 e. The molecular weight excluding hydrogens is 212 g/mol. The molecule has 1 fully saturated rings. The summed E-state index contributed by atoms with van der Waals surface area (Å²) >= 11 is 0. The summed E-state index contributed by atoms with van der Waals surface area (Å²) in [5.41, 5.74) is 1.30. The minimum atomic E-state index is 0.362. The van der Waals surface area contributed by atoms with Gasteiger partial charge in [-0.15, -0.1) is 0 Å². The van der Waals surface area contributed by atoms with E-state index in [-0.39, 0.29) is 0 Å². The van der Waals surface area contributed by atoms with Gasteiger partial charge in [0, 0.05) is 24.5 Å². The molecule has 94 valence electrons. The Labute approximate surface area is 104 Å². The minimum Gasteiger partial charge on any atom is -0.375 e. The first-order valence-corrected chi connectivity index (χ1v) is 6.46. The zero-order chi connectivity index (χ0) is 12.3. The molecule has 0 aliphatic carbocycles. The van der Waals surface area contributed by atoms with E-state index < -0.39 is 0 Å². The highest BCUT2D eigenvalue weighted by Gasteiger charge is 2.25. The number of pyridine rings is 1. The Bertz CT molecular complexity index is 331. The van der Waals surface area contributed by atoms with Gasteiger partial charge in [0.15, 0.2) is 0 Å². The minimum absolute atomic E-state index is 0.362. The van der Waals surface area contributed by atoms with Crippen molar-refractivity contribution in [2.24, 2.45) is 0 Å². The van der Waals surface area contributed by atoms with Crippen LogP contribution in [-0.4, -0.2) is 23.2 Å². The summed E-state index contributed by atoms with van der Waals surface area (Å²) in [5.74, 6) is 0. The summed E-state index contributed by atoms with van der Waals surface area (Å²) in [4.78, 5) is 4.05. The molecule has 2 heterocycles. The van der Waals surface area contributed by atoms with Crippen LogP contribution in [0.4, 0.5) is 0 Å². The van der Waals surface area contributed by atoms with Gasteiger partial charge in [0.25, 0.3) is 0 Å². The molecule has 1 aromatic heterocycles. The van der Waals surface area contributed by atoms with Gasteiger partial charge < -0.3 is 10.1 Å². The fraction of sp³-hybridized carbons (Fsp3) is 0.643. The van der Waals surface area contributed by atoms with Crippen LogP contribution in [0.3, 0.4) is 0 Å². The van der Waals surface area contributed by atoms with Crippen molar-refractivity contribution in [1.29, 1.82) is 0 Å². The lowest BCUT2D eigenvalue weighted by Gasteiger charge is -2.34. The van der Waals surface area contributed by atoms with Crippen molar-refractivity contribution in [2.45, 2.75) is 57.9 Å². The highest BCUT2D eigenvalue weighted by Crippen LogP contribution is 2.22. The molecule has 0 radical (unpaired) electrons. The standard InChI is InChI=1S/C14H22N2O/c1-10-8-14(9-11(2)17-10)16-12(3)13-4-6-15-7-5-13/h4-7,10-12,14,16H,8-9H2,1-3H3/t10?,11?,12-,14?/m1/s1. The molecule has 1 saturated heterocycles. The Hall–Kier alpha value is -0.930. The van der Waals surface area contributed by atoms with Crippen LogP contribution in [0.25, 0.3) is 0 Å². The Morgan fingerprint density at radius 2 is 1.82 bits per heavy atom. The van der Waals surface area contributed by atoms with Gasteiger partial charge in [0.1, 0.15) is 0 Å². The third-order valence-corrected chi connectivity index (χ3v) is 3.39. The molecule has 1 N–H and O–H groups in total. The van der Waals surface area contributed by atoms with Crippen LogP contribution in [0, 0.1) is 0 Å². The summed E-state index contributed by atoms with van der Waals surface area (Å²) in [6.07, 6.45) is 6.62. The quantitative estimate of drug-likeness (QED) is 0.873.